The maximum absolute atomic E-state index is 12.0. The lowest BCUT2D eigenvalue weighted by Crippen LogP contribution is -2.28. The number of aryl methyl sites for hydroxylation is 1. The van der Waals surface area contributed by atoms with E-state index in [4.69, 9.17) is 9.15 Å². The number of rotatable bonds is 7. The third kappa shape index (κ3) is 4.00. The van der Waals surface area contributed by atoms with Crippen LogP contribution in [-0.4, -0.2) is 30.6 Å². The van der Waals surface area contributed by atoms with Gasteiger partial charge in [-0.25, -0.2) is 4.79 Å². The molecule has 0 spiro atoms. The van der Waals surface area contributed by atoms with Crippen LogP contribution in [0.2, 0.25) is 0 Å². The van der Waals surface area contributed by atoms with Crippen LogP contribution in [0.3, 0.4) is 0 Å². The molecule has 0 aliphatic carbocycles. The smallest absolute Gasteiger partial charge is 0.336 e. The Morgan fingerprint density at radius 1 is 1.23 bits per heavy atom. The third-order valence-electron chi connectivity index (χ3n) is 4.61. The number of likely N-dealkylation sites (N-methyl/N-ethyl adjacent to an activating group) is 1. The van der Waals surface area contributed by atoms with Gasteiger partial charge in [0.25, 0.3) is 0 Å². The molecule has 2 aromatic heterocycles. The van der Waals surface area contributed by atoms with Crippen LogP contribution in [0.25, 0.3) is 11.0 Å². The van der Waals surface area contributed by atoms with Gasteiger partial charge in [-0.1, -0.05) is 19.1 Å². The van der Waals surface area contributed by atoms with Crippen LogP contribution in [0.15, 0.2) is 57.9 Å². The number of nitrogens with zero attached hydrogens (tertiary/aromatic N) is 2. The molecule has 0 saturated carbocycles. The van der Waals surface area contributed by atoms with Crippen LogP contribution >= 0.6 is 0 Å². The Hall–Kier alpha value is -2.50. The Morgan fingerprint density at radius 2 is 2.08 bits per heavy atom. The van der Waals surface area contributed by atoms with Crippen molar-refractivity contribution in [2.24, 2.45) is 0 Å². The largest absolute Gasteiger partial charge is 0.423 e. The zero-order valence-corrected chi connectivity index (χ0v) is 15.4. The van der Waals surface area contributed by atoms with Crippen molar-refractivity contribution in [3.8, 4) is 0 Å². The third-order valence-corrected chi connectivity index (χ3v) is 4.61. The second kappa shape index (κ2) is 8.25. The Kier molecular flexibility index (Phi) is 5.81. The van der Waals surface area contributed by atoms with Gasteiger partial charge in [-0.3, -0.25) is 9.88 Å². The molecule has 5 heteroatoms. The van der Waals surface area contributed by atoms with Gasteiger partial charge in [0.05, 0.1) is 18.3 Å². The summed E-state index contributed by atoms with van der Waals surface area (Å²) in [5.74, 6) is 0. The minimum absolute atomic E-state index is 0.00199. The van der Waals surface area contributed by atoms with E-state index in [9.17, 15) is 4.79 Å². The summed E-state index contributed by atoms with van der Waals surface area (Å²) in [6, 6.07) is 13.4. The van der Waals surface area contributed by atoms with Crippen LogP contribution in [0.1, 0.15) is 29.8 Å². The van der Waals surface area contributed by atoms with Gasteiger partial charge >= 0.3 is 5.63 Å². The van der Waals surface area contributed by atoms with Gasteiger partial charge < -0.3 is 9.15 Å². The zero-order chi connectivity index (χ0) is 18.5. The average Bonchev–Trinajstić information content (AvgIpc) is 2.66. The van der Waals surface area contributed by atoms with Crippen molar-refractivity contribution in [2.45, 2.75) is 25.9 Å². The first-order valence-corrected chi connectivity index (χ1v) is 8.78. The van der Waals surface area contributed by atoms with E-state index >= 15 is 0 Å². The van der Waals surface area contributed by atoms with Crippen molar-refractivity contribution < 1.29 is 9.15 Å². The normalized spacial score (nSPS) is 12.6. The van der Waals surface area contributed by atoms with Crippen LogP contribution in [0, 0.1) is 0 Å². The Bertz CT molecular complexity index is 921. The number of methoxy groups -OCH3 is 1. The molecule has 0 bridgehead atoms. The van der Waals surface area contributed by atoms with Crippen LogP contribution < -0.4 is 5.63 Å². The first-order valence-electron chi connectivity index (χ1n) is 8.78. The van der Waals surface area contributed by atoms with E-state index in [1.165, 1.54) is 5.56 Å². The first-order chi connectivity index (χ1) is 12.6. The fraction of sp³-hybridized carbons (Fsp3) is 0.333. The summed E-state index contributed by atoms with van der Waals surface area (Å²) in [5, 5.41) is 0.980. The molecule has 1 atom stereocenters. The topological polar surface area (TPSA) is 55.6 Å². The Labute approximate surface area is 153 Å². The van der Waals surface area contributed by atoms with Crippen LogP contribution in [-0.2, 0) is 17.7 Å². The summed E-state index contributed by atoms with van der Waals surface area (Å²) in [5.41, 5.74) is 3.41. The molecule has 0 fully saturated rings. The van der Waals surface area contributed by atoms with Gasteiger partial charge in [-0.05, 0) is 48.9 Å². The molecule has 0 aliphatic heterocycles. The minimum atomic E-state index is -0.328. The molecule has 2 heterocycles. The molecule has 0 radical (unpaired) electrons. The summed E-state index contributed by atoms with van der Waals surface area (Å²) >= 11 is 0. The van der Waals surface area contributed by atoms with Crippen molar-refractivity contribution >= 4 is 11.0 Å². The molecule has 136 valence electrons. The van der Waals surface area contributed by atoms with E-state index in [0.29, 0.717) is 18.7 Å². The molecule has 26 heavy (non-hydrogen) atoms. The molecule has 3 aromatic rings. The molecule has 5 nitrogen and oxygen atoms in total. The predicted molar refractivity (Wildman–Crippen MR) is 102 cm³/mol. The van der Waals surface area contributed by atoms with Crippen molar-refractivity contribution in [1.82, 2.24) is 9.88 Å². The fourth-order valence-electron chi connectivity index (χ4n) is 3.17. The lowest BCUT2D eigenvalue weighted by Gasteiger charge is -2.27. The summed E-state index contributed by atoms with van der Waals surface area (Å²) in [4.78, 5) is 18.6. The second-order valence-electron chi connectivity index (χ2n) is 6.42. The van der Waals surface area contributed by atoms with Crippen molar-refractivity contribution in [2.75, 3.05) is 20.8 Å². The highest BCUT2D eigenvalue weighted by Gasteiger charge is 2.19. The van der Waals surface area contributed by atoms with Crippen LogP contribution in [0.4, 0.5) is 0 Å². The fourth-order valence-corrected chi connectivity index (χ4v) is 3.17. The highest BCUT2D eigenvalue weighted by Crippen LogP contribution is 2.24. The van der Waals surface area contributed by atoms with Gasteiger partial charge in [0.1, 0.15) is 5.58 Å². The average molecular weight is 352 g/mol. The highest BCUT2D eigenvalue weighted by atomic mass is 16.5. The van der Waals surface area contributed by atoms with E-state index in [2.05, 4.69) is 22.9 Å². The predicted octanol–water partition coefficient (Wildman–Crippen LogP) is 3.57. The number of hydrogen-bond acceptors (Lipinski definition) is 5. The Balaban J connectivity index is 1.97. The molecule has 3 rings (SSSR count). The van der Waals surface area contributed by atoms with E-state index in [0.717, 1.165) is 23.1 Å². The number of ether oxygens (including phenoxy) is 1. The molecule has 0 unspecified atom stereocenters. The number of pyridine rings is 1. The van der Waals surface area contributed by atoms with Gasteiger partial charge in [0.15, 0.2) is 0 Å². The van der Waals surface area contributed by atoms with Crippen molar-refractivity contribution in [3.63, 3.8) is 0 Å². The standard InChI is InChI=1S/C21H24N2O3/c1-4-15-8-9-20-17(11-15)16(12-21(24)26-20)13-23(2)19(14-25-3)18-7-5-6-10-22-18/h5-12,19H,4,13-14H2,1-3H3/t19-/m0/s1. The lowest BCUT2D eigenvalue weighted by atomic mass is 10.0. The quantitative estimate of drug-likeness (QED) is 0.609. The number of aromatic nitrogens is 1. The van der Waals surface area contributed by atoms with E-state index in [1.54, 1.807) is 19.4 Å². The second-order valence-corrected chi connectivity index (χ2v) is 6.42. The zero-order valence-electron chi connectivity index (χ0n) is 15.4. The molecular weight excluding hydrogens is 328 g/mol. The molecule has 0 N–H and O–H groups in total. The summed E-state index contributed by atoms with van der Waals surface area (Å²) in [6.07, 6.45) is 2.72. The van der Waals surface area contributed by atoms with E-state index < -0.39 is 0 Å². The summed E-state index contributed by atoms with van der Waals surface area (Å²) in [6.45, 7) is 3.23. The summed E-state index contributed by atoms with van der Waals surface area (Å²) < 4.78 is 10.8. The number of benzene rings is 1. The monoisotopic (exact) mass is 352 g/mol. The number of hydrogen-bond donors (Lipinski definition) is 0. The highest BCUT2D eigenvalue weighted by molar-refractivity contribution is 5.80. The lowest BCUT2D eigenvalue weighted by molar-refractivity contribution is 0.100. The van der Waals surface area contributed by atoms with Gasteiger partial charge in [0, 0.05) is 31.3 Å². The Morgan fingerprint density at radius 3 is 2.77 bits per heavy atom. The van der Waals surface area contributed by atoms with Crippen molar-refractivity contribution in [3.05, 3.63) is 75.9 Å². The van der Waals surface area contributed by atoms with Gasteiger partial charge in [-0.15, -0.1) is 0 Å². The van der Waals surface area contributed by atoms with E-state index in [1.807, 2.05) is 37.4 Å². The first kappa shape index (κ1) is 18.3. The molecule has 0 amide bonds. The minimum Gasteiger partial charge on any atom is -0.423 e. The van der Waals surface area contributed by atoms with Crippen molar-refractivity contribution in [1.29, 1.82) is 0 Å². The van der Waals surface area contributed by atoms with Crippen LogP contribution in [0.5, 0.6) is 0 Å². The number of fused-ring (bicyclic) bond motifs is 1. The molecule has 0 saturated heterocycles. The summed E-state index contributed by atoms with van der Waals surface area (Å²) in [7, 11) is 3.70. The van der Waals surface area contributed by atoms with Gasteiger partial charge in [0.2, 0.25) is 0 Å². The SMILES string of the molecule is CCc1ccc2oc(=O)cc(CN(C)[C@@H](COC)c3ccccn3)c2c1. The van der Waals surface area contributed by atoms with E-state index in [-0.39, 0.29) is 11.7 Å². The van der Waals surface area contributed by atoms with Gasteiger partial charge in [-0.2, -0.15) is 0 Å². The maximum atomic E-state index is 12.0. The molecule has 0 aliphatic rings. The molecule has 1 aromatic carbocycles. The molecular formula is C21H24N2O3. The maximum Gasteiger partial charge on any atom is 0.336 e.